The minimum absolute atomic E-state index is 0.00540. The van der Waals surface area contributed by atoms with Crippen LogP contribution in [0.3, 0.4) is 0 Å². The van der Waals surface area contributed by atoms with Crippen molar-refractivity contribution in [3.8, 4) is 0 Å². The van der Waals surface area contributed by atoms with Crippen molar-refractivity contribution in [2.24, 2.45) is 5.41 Å². The van der Waals surface area contributed by atoms with Gasteiger partial charge < -0.3 is 15.4 Å². The van der Waals surface area contributed by atoms with E-state index < -0.39 is 11.4 Å². The van der Waals surface area contributed by atoms with Crippen molar-refractivity contribution in [3.05, 3.63) is 52.6 Å². The van der Waals surface area contributed by atoms with Crippen LogP contribution in [0, 0.1) is 5.41 Å². The van der Waals surface area contributed by atoms with Gasteiger partial charge in [0.05, 0.1) is 18.1 Å². The zero-order chi connectivity index (χ0) is 15.3. The topological polar surface area (TPSA) is 80.3 Å². The van der Waals surface area contributed by atoms with Crippen LogP contribution in [0.2, 0.25) is 0 Å². The second-order valence-electron chi connectivity index (χ2n) is 5.78. The minimum Gasteiger partial charge on any atom is -0.465 e. The fourth-order valence-electron chi connectivity index (χ4n) is 3.49. The van der Waals surface area contributed by atoms with Crippen molar-refractivity contribution in [2.75, 3.05) is 13.7 Å². The molecule has 0 unspecified atom stereocenters. The highest BCUT2D eigenvalue weighted by atomic mass is 16.5. The number of carbonyl (C=O) groups excluding carboxylic acids is 2. The molecule has 112 valence electrons. The van der Waals surface area contributed by atoms with Crippen molar-refractivity contribution in [2.45, 2.75) is 12.8 Å². The summed E-state index contributed by atoms with van der Waals surface area (Å²) in [6, 6.07) is 1.79. The highest BCUT2D eigenvalue weighted by molar-refractivity contribution is 5.94. The molecule has 1 aromatic rings. The molecule has 3 heterocycles. The Bertz CT molecular complexity index is 766. The molecule has 2 N–H and O–H groups in total. The third kappa shape index (κ3) is 1.63. The van der Waals surface area contributed by atoms with Gasteiger partial charge in [-0.05, 0) is 18.1 Å². The lowest BCUT2D eigenvalue weighted by atomic mass is 9.78. The molecule has 22 heavy (non-hydrogen) atoms. The van der Waals surface area contributed by atoms with Gasteiger partial charge in [-0.2, -0.15) is 0 Å². The Morgan fingerprint density at radius 2 is 2.27 bits per heavy atom. The van der Waals surface area contributed by atoms with E-state index in [4.69, 9.17) is 4.74 Å². The standard InChI is InChI=1S/C16H15N3O3/c1-22-14(20)10-5-9-6-16(7-12(9)18-8-10)11-3-2-4-17-13(11)19-15(16)21/h2-3,5,8,17H,4,6-7H2,1H3,(H,19,21)/t16-/m0/s1. The molecule has 1 spiro atoms. The number of carbonyl (C=O) groups is 2. The van der Waals surface area contributed by atoms with Crippen LogP contribution in [0.4, 0.5) is 0 Å². The Morgan fingerprint density at radius 1 is 1.41 bits per heavy atom. The normalized spacial score (nSPS) is 24.9. The van der Waals surface area contributed by atoms with Gasteiger partial charge in [0, 0.05) is 30.4 Å². The van der Waals surface area contributed by atoms with Crippen molar-refractivity contribution in [3.63, 3.8) is 0 Å². The second-order valence-corrected chi connectivity index (χ2v) is 5.78. The number of amides is 1. The predicted octanol–water partition coefficient (Wildman–Crippen LogP) is 0.454. The molecule has 0 aromatic carbocycles. The van der Waals surface area contributed by atoms with Crippen LogP contribution in [0.25, 0.3) is 0 Å². The number of nitrogens with one attached hydrogen (secondary N) is 2. The van der Waals surface area contributed by atoms with E-state index in [1.165, 1.54) is 13.3 Å². The largest absolute Gasteiger partial charge is 0.465 e. The van der Waals surface area contributed by atoms with Gasteiger partial charge in [-0.15, -0.1) is 0 Å². The highest BCUT2D eigenvalue weighted by Crippen LogP contribution is 2.46. The first-order valence-electron chi connectivity index (χ1n) is 7.17. The van der Waals surface area contributed by atoms with E-state index in [2.05, 4.69) is 15.6 Å². The SMILES string of the molecule is COC(=O)c1cnc2c(c1)C[C@@]1(C2)C(=O)NC2=C1C=CCN2. The van der Waals surface area contributed by atoms with Crippen LogP contribution >= 0.6 is 0 Å². The number of dihydropyridines is 1. The summed E-state index contributed by atoms with van der Waals surface area (Å²) in [6.45, 7) is 0.715. The summed E-state index contributed by atoms with van der Waals surface area (Å²) in [5.74, 6) is 0.383. The lowest BCUT2D eigenvalue weighted by molar-refractivity contribution is -0.126. The maximum Gasteiger partial charge on any atom is 0.339 e. The van der Waals surface area contributed by atoms with Gasteiger partial charge in [-0.3, -0.25) is 9.78 Å². The first-order chi connectivity index (χ1) is 10.6. The van der Waals surface area contributed by atoms with Crippen LogP contribution in [0.1, 0.15) is 21.6 Å². The second kappa shape index (κ2) is 4.43. The van der Waals surface area contributed by atoms with E-state index in [-0.39, 0.29) is 5.91 Å². The van der Waals surface area contributed by atoms with Crippen LogP contribution < -0.4 is 10.6 Å². The van der Waals surface area contributed by atoms with Gasteiger partial charge >= 0.3 is 5.97 Å². The number of rotatable bonds is 1. The van der Waals surface area contributed by atoms with Crippen molar-refractivity contribution in [1.29, 1.82) is 0 Å². The lowest BCUT2D eigenvalue weighted by Gasteiger charge is -2.22. The number of allylic oxidation sites excluding steroid dienone is 1. The van der Waals surface area contributed by atoms with E-state index in [0.717, 1.165) is 22.7 Å². The predicted molar refractivity (Wildman–Crippen MR) is 77.7 cm³/mol. The van der Waals surface area contributed by atoms with Gasteiger partial charge in [-0.1, -0.05) is 12.2 Å². The Hall–Kier alpha value is -2.63. The first kappa shape index (κ1) is 13.1. The molecule has 3 aliphatic rings. The molecule has 1 amide bonds. The molecule has 0 fully saturated rings. The molecule has 6 heteroatoms. The molecule has 1 atom stereocenters. The van der Waals surface area contributed by atoms with Crippen LogP contribution in [-0.2, 0) is 22.4 Å². The van der Waals surface area contributed by atoms with Crippen molar-refractivity contribution in [1.82, 2.24) is 15.6 Å². The smallest absolute Gasteiger partial charge is 0.339 e. The first-order valence-corrected chi connectivity index (χ1v) is 7.17. The number of ether oxygens (including phenoxy) is 1. The van der Waals surface area contributed by atoms with E-state index >= 15 is 0 Å². The van der Waals surface area contributed by atoms with Gasteiger partial charge in [0.1, 0.15) is 5.82 Å². The molecule has 4 rings (SSSR count). The van der Waals surface area contributed by atoms with Crippen LogP contribution in [0.15, 0.2) is 35.8 Å². The number of methoxy groups -OCH3 is 1. The molecule has 0 radical (unpaired) electrons. The molecule has 6 nitrogen and oxygen atoms in total. The maximum absolute atomic E-state index is 12.6. The van der Waals surface area contributed by atoms with E-state index in [0.29, 0.717) is 24.9 Å². The summed E-state index contributed by atoms with van der Waals surface area (Å²) >= 11 is 0. The number of hydrogen-bond donors (Lipinski definition) is 2. The van der Waals surface area contributed by atoms with Gasteiger partial charge in [0.15, 0.2) is 0 Å². The molecule has 1 aliphatic carbocycles. The lowest BCUT2D eigenvalue weighted by Crippen LogP contribution is -2.35. The number of pyridine rings is 1. The maximum atomic E-state index is 12.6. The average molecular weight is 297 g/mol. The fourth-order valence-corrected chi connectivity index (χ4v) is 3.49. The zero-order valence-corrected chi connectivity index (χ0v) is 12.1. The van der Waals surface area contributed by atoms with E-state index in [9.17, 15) is 9.59 Å². The Kier molecular flexibility index (Phi) is 2.63. The van der Waals surface area contributed by atoms with Crippen molar-refractivity contribution < 1.29 is 14.3 Å². The zero-order valence-electron chi connectivity index (χ0n) is 12.1. The number of esters is 1. The Morgan fingerprint density at radius 3 is 3.09 bits per heavy atom. The molecular formula is C16H15N3O3. The molecule has 0 saturated heterocycles. The third-order valence-electron chi connectivity index (χ3n) is 4.58. The number of nitrogens with zero attached hydrogens (tertiary/aromatic N) is 1. The molecule has 0 bridgehead atoms. The van der Waals surface area contributed by atoms with Gasteiger partial charge in [0.2, 0.25) is 5.91 Å². The number of hydrogen-bond acceptors (Lipinski definition) is 5. The molecule has 0 saturated carbocycles. The Balaban J connectivity index is 1.75. The average Bonchev–Trinajstić information content (AvgIpc) is 3.05. The van der Waals surface area contributed by atoms with Crippen LogP contribution in [-0.4, -0.2) is 30.5 Å². The molecule has 1 aromatic heterocycles. The summed E-state index contributed by atoms with van der Waals surface area (Å²) in [5.41, 5.74) is 2.61. The van der Waals surface area contributed by atoms with Crippen molar-refractivity contribution >= 4 is 11.9 Å². The van der Waals surface area contributed by atoms with Gasteiger partial charge in [-0.25, -0.2) is 4.79 Å². The summed E-state index contributed by atoms with van der Waals surface area (Å²) in [6.07, 6.45) is 6.64. The Labute approximate surface area is 127 Å². The van der Waals surface area contributed by atoms with Crippen LogP contribution in [0.5, 0.6) is 0 Å². The minimum atomic E-state index is -0.608. The summed E-state index contributed by atoms with van der Waals surface area (Å²) in [5, 5.41) is 6.13. The number of fused-ring (bicyclic) bond motifs is 2. The van der Waals surface area contributed by atoms with E-state index in [1.807, 2.05) is 12.2 Å². The summed E-state index contributed by atoms with van der Waals surface area (Å²) in [4.78, 5) is 28.6. The van der Waals surface area contributed by atoms with E-state index in [1.54, 1.807) is 6.07 Å². The monoisotopic (exact) mass is 297 g/mol. The fraction of sp³-hybridized carbons (Fsp3) is 0.312. The third-order valence-corrected chi connectivity index (χ3v) is 4.58. The number of aromatic nitrogens is 1. The van der Waals surface area contributed by atoms with Gasteiger partial charge in [0.25, 0.3) is 0 Å². The quantitative estimate of drug-likeness (QED) is 0.736. The summed E-state index contributed by atoms with van der Waals surface area (Å²) in [7, 11) is 1.34. The molecular weight excluding hydrogens is 282 g/mol. The summed E-state index contributed by atoms with van der Waals surface area (Å²) < 4.78 is 4.73. The molecule has 2 aliphatic heterocycles. The highest BCUT2D eigenvalue weighted by Gasteiger charge is 2.52.